The van der Waals surface area contributed by atoms with Crippen molar-refractivity contribution < 1.29 is 0 Å². The van der Waals surface area contributed by atoms with E-state index in [1.807, 2.05) is 0 Å². The minimum absolute atomic E-state index is 0.699. The number of hydrogen-bond donors (Lipinski definition) is 1. The fourth-order valence-corrected chi connectivity index (χ4v) is 3.62. The maximum atomic E-state index is 3.78. The van der Waals surface area contributed by atoms with Crippen LogP contribution in [-0.2, 0) is 0 Å². The van der Waals surface area contributed by atoms with Gasteiger partial charge in [-0.2, -0.15) is 0 Å². The van der Waals surface area contributed by atoms with Gasteiger partial charge in [0.05, 0.1) is 0 Å². The van der Waals surface area contributed by atoms with Gasteiger partial charge in [0.2, 0.25) is 0 Å². The van der Waals surface area contributed by atoms with Gasteiger partial charge < -0.3 is 10.2 Å². The van der Waals surface area contributed by atoms with Crippen LogP contribution in [0.1, 0.15) is 53.4 Å². The fourth-order valence-electron chi connectivity index (χ4n) is 3.62. The van der Waals surface area contributed by atoms with E-state index in [1.54, 1.807) is 0 Å². The predicted octanol–water partition coefficient (Wildman–Crippen LogP) is 3.13. The summed E-state index contributed by atoms with van der Waals surface area (Å²) in [5.74, 6) is 1.70. The second-order valence-corrected chi connectivity index (χ2v) is 6.09. The van der Waals surface area contributed by atoms with Gasteiger partial charge in [-0.15, -0.1) is 0 Å². The van der Waals surface area contributed by atoms with Crippen LogP contribution < -0.4 is 5.32 Å². The molecule has 2 heteroatoms. The van der Waals surface area contributed by atoms with Gasteiger partial charge in [0.25, 0.3) is 0 Å². The van der Waals surface area contributed by atoms with Crippen molar-refractivity contribution in [2.24, 2.45) is 11.8 Å². The Kier molecular flexibility index (Phi) is 6.50. The van der Waals surface area contributed by atoms with E-state index in [9.17, 15) is 0 Å². The highest BCUT2D eigenvalue weighted by molar-refractivity contribution is 4.93. The highest BCUT2D eigenvalue weighted by Crippen LogP contribution is 2.31. The smallest absolute Gasteiger partial charge is 0.0272 e. The van der Waals surface area contributed by atoms with Gasteiger partial charge in [-0.3, -0.25) is 0 Å². The SMILES string of the molecule is CCCNC1CC(C)CC(C)C1N(C)CCC. The molecule has 0 radical (unpaired) electrons. The molecular weight excluding hydrogens is 208 g/mol. The molecule has 1 rings (SSSR count). The number of rotatable bonds is 6. The van der Waals surface area contributed by atoms with Gasteiger partial charge in [0.1, 0.15) is 0 Å². The normalized spacial score (nSPS) is 34.2. The van der Waals surface area contributed by atoms with E-state index in [2.05, 4.69) is 45.0 Å². The third kappa shape index (κ3) is 4.26. The van der Waals surface area contributed by atoms with Crippen molar-refractivity contribution in [2.75, 3.05) is 20.1 Å². The molecule has 0 bridgehead atoms. The summed E-state index contributed by atoms with van der Waals surface area (Å²) in [5.41, 5.74) is 0. The molecule has 0 saturated heterocycles. The van der Waals surface area contributed by atoms with E-state index < -0.39 is 0 Å². The molecule has 1 N–H and O–H groups in total. The van der Waals surface area contributed by atoms with Crippen molar-refractivity contribution in [3.8, 4) is 0 Å². The number of nitrogens with one attached hydrogen (secondary N) is 1. The summed E-state index contributed by atoms with van der Waals surface area (Å²) < 4.78 is 0. The lowest BCUT2D eigenvalue weighted by Crippen LogP contribution is -2.55. The van der Waals surface area contributed by atoms with E-state index in [4.69, 9.17) is 0 Å². The fraction of sp³-hybridized carbons (Fsp3) is 1.00. The largest absolute Gasteiger partial charge is 0.312 e. The Labute approximate surface area is 108 Å². The number of likely N-dealkylation sites (N-methyl/N-ethyl adjacent to an activating group) is 1. The van der Waals surface area contributed by atoms with Crippen LogP contribution in [0.15, 0.2) is 0 Å². The van der Waals surface area contributed by atoms with Gasteiger partial charge >= 0.3 is 0 Å². The van der Waals surface area contributed by atoms with Crippen molar-refractivity contribution in [3.63, 3.8) is 0 Å². The summed E-state index contributed by atoms with van der Waals surface area (Å²) in [6.07, 6.45) is 5.24. The van der Waals surface area contributed by atoms with Crippen molar-refractivity contribution in [1.82, 2.24) is 10.2 Å². The highest BCUT2D eigenvalue weighted by atomic mass is 15.2. The van der Waals surface area contributed by atoms with Crippen LogP contribution in [0.5, 0.6) is 0 Å². The molecule has 4 atom stereocenters. The molecule has 0 spiro atoms. The summed E-state index contributed by atoms with van der Waals surface area (Å²) in [6.45, 7) is 11.8. The monoisotopic (exact) mass is 240 g/mol. The lowest BCUT2D eigenvalue weighted by Gasteiger charge is -2.45. The van der Waals surface area contributed by atoms with Crippen molar-refractivity contribution >= 4 is 0 Å². The second kappa shape index (κ2) is 7.38. The van der Waals surface area contributed by atoms with Gasteiger partial charge in [-0.1, -0.05) is 27.7 Å². The third-order valence-electron chi connectivity index (χ3n) is 4.17. The zero-order valence-electron chi connectivity index (χ0n) is 12.5. The number of hydrogen-bond acceptors (Lipinski definition) is 2. The Balaban J connectivity index is 2.64. The molecule has 2 nitrogen and oxygen atoms in total. The average molecular weight is 240 g/mol. The van der Waals surface area contributed by atoms with Crippen molar-refractivity contribution in [1.29, 1.82) is 0 Å². The maximum Gasteiger partial charge on any atom is 0.0272 e. The molecule has 4 unspecified atom stereocenters. The van der Waals surface area contributed by atoms with E-state index >= 15 is 0 Å². The first kappa shape index (κ1) is 15.0. The van der Waals surface area contributed by atoms with Crippen LogP contribution in [0.25, 0.3) is 0 Å². The molecule has 0 heterocycles. The van der Waals surface area contributed by atoms with Crippen LogP contribution in [-0.4, -0.2) is 37.1 Å². The van der Waals surface area contributed by atoms with Crippen LogP contribution in [0.2, 0.25) is 0 Å². The topological polar surface area (TPSA) is 15.3 Å². The van der Waals surface area contributed by atoms with Gasteiger partial charge in [-0.25, -0.2) is 0 Å². The Bertz CT molecular complexity index is 201. The van der Waals surface area contributed by atoms with E-state index in [0.717, 1.165) is 17.9 Å². The standard InChI is InChI=1S/C15H32N2/c1-6-8-16-14-11-12(3)10-13(4)15(14)17(5)9-7-2/h12-16H,6-11H2,1-5H3. The Morgan fingerprint density at radius 1 is 1.12 bits per heavy atom. The predicted molar refractivity (Wildman–Crippen MR) is 76.4 cm³/mol. The first-order valence-electron chi connectivity index (χ1n) is 7.53. The summed E-state index contributed by atoms with van der Waals surface area (Å²) in [4.78, 5) is 2.59. The van der Waals surface area contributed by atoms with Gasteiger partial charge in [0, 0.05) is 12.1 Å². The molecule has 102 valence electrons. The molecule has 0 aromatic carbocycles. The minimum Gasteiger partial charge on any atom is -0.312 e. The Hall–Kier alpha value is -0.0800. The first-order valence-corrected chi connectivity index (χ1v) is 7.53. The van der Waals surface area contributed by atoms with E-state index in [0.29, 0.717) is 6.04 Å². The van der Waals surface area contributed by atoms with Crippen LogP contribution in [0, 0.1) is 11.8 Å². The second-order valence-electron chi connectivity index (χ2n) is 6.09. The van der Waals surface area contributed by atoms with E-state index in [1.165, 1.54) is 38.8 Å². The van der Waals surface area contributed by atoms with E-state index in [-0.39, 0.29) is 0 Å². The molecule has 0 aromatic rings. The molecule has 1 fully saturated rings. The summed E-state index contributed by atoms with van der Waals surface area (Å²) in [7, 11) is 2.31. The Morgan fingerprint density at radius 3 is 2.41 bits per heavy atom. The lowest BCUT2D eigenvalue weighted by molar-refractivity contribution is 0.0805. The molecule has 1 aliphatic rings. The maximum absolute atomic E-state index is 3.78. The van der Waals surface area contributed by atoms with Gasteiger partial charge in [-0.05, 0) is 57.7 Å². The van der Waals surface area contributed by atoms with Gasteiger partial charge in [0.15, 0.2) is 0 Å². The van der Waals surface area contributed by atoms with Crippen molar-refractivity contribution in [3.05, 3.63) is 0 Å². The summed E-state index contributed by atoms with van der Waals surface area (Å²) in [6, 6.07) is 1.43. The molecule has 1 aliphatic carbocycles. The van der Waals surface area contributed by atoms with Crippen LogP contribution in [0.4, 0.5) is 0 Å². The molecule has 17 heavy (non-hydrogen) atoms. The molecule has 1 saturated carbocycles. The molecule has 0 aliphatic heterocycles. The summed E-state index contributed by atoms with van der Waals surface area (Å²) in [5, 5.41) is 3.78. The zero-order valence-corrected chi connectivity index (χ0v) is 12.5. The van der Waals surface area contributed by atoms with Crippen LogP contribution in [0.3, 0.4) is 0 Å². The van der Waals surface area contributed by atoms with Crippen molar-refractivity contribution in [2.45, 2.75) is 65.5 Å². The number of nitrogens with zero attached hydrogens (tertiary/aromatic N) is 1. The van der Waals surface area contributed by atoms with Crippen LogP contribution >= 0.6 is 0 Å². The quantitative estimate of drug-likeness (QED) is 0.767. The average Bonchev–Trinajstić information content (AvgIpc) is 2.25. The first-order chi connectivity index (χ1) is 8.10. The zero-order chi connectivity index (χ0) is 12.8. The minimum atomic E-state index is 0.699. The third-order valence-corrected chi connectivity index (χ3v) is 4.17. The molecular formula is C15H32N2. The molecule has 0 amide bonds. The lowest BCUT2D eigenvalue weighted by atomic mass is 9.76. The molecule has 0 aromatic heterocycles. The Morgan fingerprint density at radius 2 is 1.82 bits per heavy atom. The summed E-state index contributed by atoms with van der Waals surface area (Å²) >= 11 is 0. The highest BCUT2D eigenvalue weighted by Gasteiger charge is 2.35.